The summed E-state index contributed by atoms with van der Waals surface area (Å²) in [4.78, 5) is 27.2. The maximum absolute atomic E-state index is 12.6. The molecule has 3 heterocycles. The average molecular weight is 478 g/mol. The van der Waals surface area contributed by atoms with Gasteiger partial charge in [-0.15, -0.1) is 0 Å². The van der Waals surface area contributed by atoms with E-state index < -0.39 is 10.8 Å². The summed E-state index contributed by atoms with van der Waals surface area (Å²) in [5, 5.41) is 26.3. The van der Waals surface area contributed by atoms with Crippen molar-refractivity contribution in [1.82, 2.24) is 5.01 Å². The van der Waals surface area contributed by atoms with E-state index in [4.69, 9.17) is 21.4 Å². The molecule has 1 amide bonds. The maximum atomic E-state index is 12.6. The van der Waals surface area contributed by atoms with Crippen LogP contribution in [0.2, 0.25) is 5.02 Å². The summed E-state index contributed by atoms with van der Waals surface area (Å²) in [5.74, 6) is -0.0676. The third-order valence-electron chi connectivity index (χ3n) is 4.82. The third-order valence-corrected chi connectivity index (χ3v) is 6.09. The molecule has 9 nitrogen and oxygen atoms in total. The first-order valence-electron chi connectivity index (χ1n) is 9.50. The van der Waals surface area contributed by atoms with E-state index in [-0.39, 0.29) is 27.9 Å². The summed E-state index contributed by atoms with van der Waals surface area (Å²) in [5.41, 5.74) is 1.09. The van der Waals surface area contributed by atoms with Crippen molar-refractivity contribution in [2.24, 2.45) is 10.1 Å². The molecular formula is C22H12ClN5O4S. The molecule has 0 saturated heterocycles. The Morgan fingerprint density at radius 3 is 2.67 bits per heavy atom. The zero-order chi connectivity index (χ0) is 23.1. The minimum Gasteiger partial charge on any atom is -0.457 e. The molecule has 2 aromatic carbocycles. The van der Waals surface area contributed by atoms with Crippen molar-refractivity contribution in [3.8, 4) is 11.3 Å². The Morgan fingerprint density at radius 2 is 1.91 bits per heavy atom. The highest BCUT2D eigenvalue weighted by Gasteiger charge is 2.36. The number of rotatable bonds is 4. The highest BCUT2D eigenvalue weighted by Crippen LogP contribution is 2.33. The molecule has 3 aromatic rings. The van der Waals surface area contributed by atoms with E-state index in [0.29, 0.717) is 21.5 Å². The molecule has 0 unspecified atom stereocenters. The number of nitrogens with one attached hydrogen (secondary N) is 1. The van der Waals surface area contributed by atoms with Crippen LogP contribution < -0.4 is 0 Å². The molecule has 1 aromatic heterocycles. The van der Waals surface area contributed by atoms with E-state index in [1.807, 2.05) is 30.3 Å². The number of amides is 1. The van der Waals surface area contributed by atoms with Crippen LogP contribution in [0.15, 0.2) is 80.7 Å². The van der Waals surface area contributed by atoms with Crippen LogP contribution in [0.3, 0.4) is 0 Å². The normalized spacial score (nSPS) is 16.6. The van der Waals surface area contributed by atoms with E-state index in [1.54, 1.807) is 18.2 Å². The number of carbonyl (C=O) groups excluding carboxylic acids is 1. The number of aliphatic imine (C=N–C) groups is 1. The quantitative estimate of drug-likeness (QED) is 0.313. The predicted octanol–water partition coefficient (Wildman–Crippen LogP) is 5.18. The molecule has 0 atom stereocenters. The lowest BCUT2D eigenvalue weighted by molar-refractivity contribution is -0.384. The van der Waals surface area contributed by atoms with Crippen molar-refractivity contribution in [1.29, 1.82) is 5.41 Å². The third kappa shape index (κ3) is 3.86. The lowest BCUT2D eigenvalue weighted by Gasteiger charge is -2.19. The molecule has 0 saturated carbocycles. The van der Waals surface area contributed by atoms with Crippen molar-refractivity contribution in [3.05, 3.63) is 92.7 Å². The fourth-order valence-electron chi connectivity index (χ4n) is 3.22. The van der Waals surface area contributed by atoms with Gasteiger partial charge in [0.2, 0.25) is 5.17 Å². The first kappa shape index (κ1) is 20.9. The van der Waals surface area contributed by atoms with Crippen LogP contribution in [-0.2, 0) is 4.79 Å². The molecular weight excluding hydrogens is 466 g/mol. The number of nitrogens with zero attached hydrogens (tertiary/aromatic N) is 4. The number of nitro groups is 1. The van der Waals surface area contributed by atoms with Crippen LogP contribution >= 0.6 is 23.4 Å². The molecule has 0 spiro atoms. The van der Waals surface area contributed by atoms with Crippen molar-refractivity contribution < 1.29 is 14.1 Å². The lowest BCUT2D eigenvalue weighted by Crippen LogP contribution is -2.35. The smallest absolute Gasteiger partial charge is 0.288 e. The molecule has 2 aliphatic rings. The zero-order valence-electron chi connectivity index (χ0n) is 16.6. The summed E-state index contributed by atoms with van der Waals surface area (Å²) in [7, 11) is 0. The van der Waals surface area contributed by atoms with E-state index in [2.05, 4.69) is 10.1 Å². The first-order chi connectivity index (χ1) is 15.9. The minimum absolute atomic E-state index is 0.0143. The number of furan rings is 1. The monoisotopic (exact) mass is 477 g/mol. The number of hydrazone groups is 1. The van der Waals surface area contributed by atoms with Crippen LogP contribution in [0.1, 0.15) is 11.3 Å². The molecule has 2 aliphatic heterocycles. The number of halogens is 1. The first-order valence-corrected chi connectivity index (χ1v) is 10.7. The number of amidine groups is 2. The Balaban J connectivity index is 1.44. The van der Waals surface area contributed by atoms with E-state index in [1.165, 1.54) is 35.0 Å². The second-order valence-corrected chi connectivity index (χ2v) is 8.28. The van der Waals surface area contributed by atoms with Gasteiger partial charge < -0.3 is 4.42 Å². The Hall–Kier alpha value is -4.02. The largest absolute Gasteiger partial charge is 0.457 e. The van der Waals surface area contributed by atoms with Crippen LogP contribution in [-0.4, -0.2) is 31.9 Å². The average Bonchev–Trinajstić information content (AvgIpc) is 3.45. The van der Waals surface area contributed by atoms with E-state index >= 15 is 0 Å². The molecule has 1 N–H and O–H groups in total. The molecule has 0 fully saturated rings. The molecule has 5 rings (SSSR count). The second kappa shape index (κ2) is 8.15. The summed E-state index contributed by atoms with van der Waals surface area (Å²) in [6.45, 7) is 0. The van der Waals surface area contributed by atoms with E-state index in [0.717, 1.165) is 5.56 Å². The van der Waals surface area contributed by atoms with Gasteiger partial charge in [0.1, 0.15) is 21.6 Å². The van der Waals surface area contributed by atoms with Crippen LogP contribution in [0.4, 0.5) is 5.69 Å². The van der Waals surface area contributed by atoms with Gasteiger partial charge >= 0.3 is 0 Å². The van der Waals surface area contributed by atoms with Crippen molar-refractivity contribution >= 4 is 57.1 Å². The number of benzene rings is 2. The van der Waals surface area contributed by atoms with E-state index in [9.17, 15) is 14.9 Å². The van der Waals surface area contributed by atoms with Crippen LogP contribution in [0, 0.1) is 15.5 Å². The Bertz CT molecular complexity index is 1430. The molecule has 0 radical (unpaired) electrons. The van der Waals surface area contributed by atoms with Gasteiger partial charge in [-0.1, -0.05) is 41.9 Å². The topological polar surface area (TPSA) is 125 Å². The number of carbonyl (C=O) groups is 1. The molecule has 162 valence electrons. The minimum atomic E-state index is -0.580. The maximum Gasteiger partial charge on any atom is 0.288 e. The van der Waals surface area contributed by atoms with Gasteiger partial charge in [-0.3, -0.25) is 20.3 Å². The van der Waals surface area contributed by atoms with Crippen molar-refractivity contribution in [2.45, 2.75) is 0 Å². The lowest BCUT2D eigenvalue weighted by atomic mass is 10.1. The highest BCUT2D eigenvalue weighted by molar-refractivity contribution is 8.27. The van der Waals surface area contributed by atoms with Crippen molar-refractivity contribution in [2.75, 3.05) is 0 Å². The fourth-order valence-corrected chi connectivity index (χ4v) is 4.31. The number of nitro benzene ring substituents is 1. The standard InChI is InChI=1S/C22H12ClN5O4S/c23-16-8-6-13(10-17(16)28(30)31)18-9-7-14(32-18)11-15-19(24)27-22(25-20(15)29)33-21(26-27)12-4-2-1-3-5-12/h1-11,24H. The van der Waals surface area contributed by atoms with Gasteiger partial charge in [-0.2, -0.15) is 15.1 Å². The van der Waals surface area contributed by atoms with Crippen molar-refractivity contribution in [3.63, 3.8) is 0 Å². The SMILES string of the molecule is N=C1C(=Cc2ccc(-c3ccc(Cl)c([N+](=O)[O-])c3)o2)C(=O)N=C2SC(c3ccccc3)=NN12. The Labute approximate surface area is 195 Å². The van der Waals surface area contributed by atoms with Crippen LogP contribution in [0.25, 0.3) is 17.4 Å². The zero-order valence-corrected chi connectivity index (χ0v) is 18.1. The van der Waals surface area contributed by atoms with Crippen LogP contribution in [0.5, 0.6) is 0 Å². The number of fused-ring (bicyclic) bond motifs is 1. The molecule has 11 heteroatoms. The summed E-state index contributed by atoms with van der Waals surface area (Å²) >= 11 is 7.08. The predicted molar refractivity (Wildman–Crippen MR) is 126 cm³/mol. The highest BCUT2D eigenvalue weighted by atomic mass is 35.5. The molecule has 33 heavy (non-hydrogen) atoms. The molecule has 0 aliphatic carbocycles. The van der Waals surface area contributed by atoms with Gasteiger partial charge in [0.15, 0.2) is 5.84 Å². The summed E-state index contributed by atoms with van der Waals surface area (Å²) < 4.78 is 5.75. The number of hydrogen-bond acceptors (Lipinski definition) is 7. The number of hydrogen-bond donors (Lipinski definition) is 1. The second-order valence-electron chi connectivity index (χ2n) is 6.92. The number of thioether (sulfide) groups is 1. The Morgan fingerprint density at radius 1 is 1.12 bits per heavy atom. The van der Waals surface area contributed by atoms with Gasteiger partial charge in [0.05, 0.1) is 10.5 Å². The van der Waals surface area contributed by atoms with Gasteiger partial charge in [-0.25, -0.2) is 0 Å². The van der Waals surface area contributed by atoms with Gasteiger partial charge in [-0.05, 0) is 42.1 Å². The Kier molecular flexibility index (Phi) is 5.15. The fraction of sp³-hybridized carbons (Fsp3) is 0. The summed E-state index contributed by atoms with van der Waals surface area (Å²) in [6, 6.07) is 17.0. The summed E-state index contributed by atoms with van der Waals surface area (Å²) in [6.07, 6.45) is 1.40. The van der Waals surface area contributed by atoms with Gasteiger partial charge in [0.25, 0.3) is 11.6 Å². The van der Waals surface area contributed by atoms with Gasteiger partial charge in [0, 0.05) is 17.2 Å². The molecule has 0 bridgehead atoms.